The van der Waals surface area contributed by atoms with Crippen LogP contribution < -0.4 is 4.90 Å². The molecule has 0 radical (unpaired) electrons. The summed E-state index contributed by atoms with van der Waals surface area (Å²) in [6.07, 6.45) is -3.47. The number of amides is 1. The van der Waals surface area contributed by atoms with E-state index < -0.39 is 11.9 Å². The molecule has 4 nitrogen and oxygen atoms in total. The number of anilines is 1. The highest BCUT2D eigenvalue weighted by Crippen LogP contribution is 2.30. The molecule has 1 fully saturated rings. The molecule has 1 saturated heterocycles. The summed E-state index contributed by atoms with van der Waals surface area (Å²) in [5.74, 6) is -0.266. The monoisotopic (exact) mass is 309 g/mol. The Labute approximate surface area is 103 Å². The third kappa shape index (κ3) is 2.56. The molecule has 2 rings (SSSR count). The van der Waals surface area contributed by atoms with Crippen molar-refractivity contribution in [2.45, 2.75) is 17.4 Å². The number of halogens is 4. The van der Waals surface area contributed by atoms with Gasteiger partial charge in [-0.05, 0) is 0 Å². The Hall–Kier alpha value is -1.18. The number of aromatic nitrogens is 2. The lowest BCUT2D eigenvalue weighted by molar-refractivity contribution is -0.141. The molecule has 1 unspecified atom stereocenters. The van der Waals surface area contributed by atoms with Gasteiger partial charge in [-0.1, -0.05) is 15.9 Å². The van der Waals surface area contributed by atoms with Crippen LogP contribution in [0.25, 0.3) is 0 Å². The van der Waals surface area contributed by atoms with Crippen molar-refractivity contribution < 1.29 is 18.0 Å². The van der Waals surface area contributed by atoms with Crippen molar-refractivity contribution >= 4 is 27.7 Å². The summed E-state index contributed by atoms with van der Waals surface area (Å²) in [5.41, 5.74) is -1.05. The SMILES string of the molecule is O=C1CC(Br)CN1c1cc(C(F)(F)F)ncn1. The Morgan fingerprint density at radius 3 is 2.65 bits per heavy atom. The molecule has 1 amide bonds. The number of carbonyl (C=O) groups is 1. The Balaban J connectivity index is 2.31. The van der Waals surface area contributed by atoms with Crippen LogP contribution >= 0.6 is 15.9 Å². The van der Waals surface area contributed by atoms with Crippen LogP contribution in [-0.4, -0.2) is 27.2 Å². The third-order valence-corrected chi connectivity index (χ3v) is 2.91. The minimum absolute atomic E-state index is 0.0146. The summed E-state index contributed by atoms with van der Waals surface area (Å²) >= 11 is 3.25. The predicted octanol–water partition coefficient (Wildman–Crippen LogP) is 2.00. The number of carbonyl (C=O) groups excluding carboxylic acids is 1. The molecule has 92 valence electrons. The van der Waals surface area contributed by atoms with Gasteiger partial charge in [0.1, 0.15) is 17.8 Å². The zero-order chi connectivity index (χ0) is 12.6. The van der Waals surface area contributed by atoms with Gasteiger partial charge in [0.25, 0.3) is 0 Å². The molecule has 17 heavy (non-hydrogen) atoms. The maximum absolute atomic E-state index is 12.4. The molecule has 8 heteroatoms. The Kier molecular flexibility index (Phi) is 3.07. The van der Waals surface area contributed by atoms with Gasteiger partial charge < -0.3 is 0 Å². The van der Waals surface area contributed by atoms with Gasteiger partial charge in [0, 0.05) is 23.9 Å². The van der Waals surface area contributed by atoms with Crippen LogP contribution in [0.5, 0.6) is 0 Å². The van der Waals surface area contributed by atoms with E-state index in [9.17, 15) is 18.0 Å². The zero-order valence-electron chi connectivity index (χ0n) is 8.41. The average Bonchev–Trinajstić information content (AvgIpc) is 2.57. The molecule has 1 atom stereocenters. The van der Waals surface area contributed by atoms with Gasteiger partial charge in [-0.25, -0.2) is 9.97 Å². The Morgan fingerprint density at radius 1 is 1.41 bits per heavy atom. The van der Waals surface area contributed by atoms with Crippen molar-refractivity contribution in [3.05, 3.63) is 18.1 Å². The quantitative estimate of drug-likeness (QED) is 0.745. The van der Waals surface area contributed by atoms with E-state index in [0.29, 0.717) is 6.54 Å². The lowest BCUT2D eigenvalue weighted by Crippen LogP contribution is -2.26. The predicted molar refractivity (Wildman–Crippen MR) is 56.7 cm³/mol. The van der Waals surface area contributed by atoms with Crippen molar-refractivity contribution in [1.29, 1.82) is 0 Å². The van der Waals surface area contributed by atoms with Crippen molar-refractivity contribution in [3.8, 4) is 0 Å². The molecular weight excluding hydrogens is 303 g/mol. The molecule has 0 saturated carbocycles. The van der Waals surface area contributed by atoms with E-state index in [-0.39, 0.29) is 23.0 Å². The topological polar surface area (TPSA) is 46.1 Å². The third-order valence-electron chi connectivity index (χ3n) is 2.30. The molecule has 1 aromatic heterocycles. The summed E-state index contributed by atoms with van der Waals surface area (Å²) in [7, 11) is 0. The Bertz CT molecular complexity index is 451. The lowest BCUT2D eigenvalue weighted by atomic mass is 10.3. The summed E-state index contributed by atoms with van der Waals surface area (Å²) in [6.45, 7) is 0.313. The minimum Gasteiger partial charge on any atom is -0.296 e. The van der Waals surface area contributed by atoms with E-state index in [1.54, 1.807) is 0 Å². The maximum atomic E-state index is 12.4. The van der Waals surface area contributed by atoms with E-state index in [1.165, 1.54) is 4.90 Å². The van der Waals surface area contributed by atoms with Crippen molar-refractivity contribution in [3.63, 3.8) is 0 Å². The molecule has 2 heterocycles. The number of rotatable bonds is 1. The maximum Gasteiger partial charge on any atom is 0.433 e. The van der Waals surface area contributed by atoms with Gasteiger partial charge in [-0.15, -0.1) is 0 Å². The first-order valence-corrected chi connectivity index (χ1v) is 5.63. The van der Waals surface area contributed by atoms with Crippen molar-refractivity contribution in [2.24, 2.45) is 0 Å². The van der Waals surface area contributed by atoms with Crippen LogP contribution in [0.3, 0.4) is 0 Å². The van der Waals surface area contributed by atoms with Crippen molar-refractivity contribution in [2.75, 3.05) is 11.4 Å². The van der Waals surface area contributed by atoms with Gasteiger partial charge in [-0.2, -0.15) is 13.2 Å². The van der Waals surface area contributed by atoms with Crippen molar-refractivity contribution in [1.82, 2.24) is 9.97 Å². The summed E-state index contributed by atoms with van der Waals surface area (Å²) in [4.78, 5) is 19.5. The molecule has 0 bridgehead atoms. The zero-order valence-corrected chi connectivity index (χ0v) is 9.99. The minimum atomic E-state index is -4.53. The van der Waals surface area contributed by atoms with Gasteiger partial charge in [0.2, 0.25) is 5.91 Å². The Morgan fingerprint density at radius 2 is 2.12 bits per heavy atom. The van der Waals surface area contributed by atoms with Crippen LogP contribution in [0, 0.1) is 0 Å². The number of nitrogens with zero attached hydrogens (tertiary/aromatic N) is 3. The van der Waals surface area contributed by atoms with Gasteiger partial charge in [0.15, 0.2) is 0 Å². The van der Waals surface area contributed by atoms with E-state index in [0.717, 1.165) is 12.4 Å². The van der Waals surface area contributed by atoms with Crippen LogP contribution in [0.4, 0.5) is 19.0 Å². The second kappa shape index (κ2) is 4.25. The molecule has 1 aliphatic heterocycles. The lowest BCUT2D eigenvalue weighted by Gasteiger charge is -2.15. The first-order valence-electron chi connectivity index (χ1n) is 4.71. The van der Waals surface area contributed by atoms with Gasteiger partial charge in [-0.3, -0.25) is 9.69 Å². The number of alkyl halides is 4. The molecule has 0 aromatic carbocycles. The summed E-state index contributed by atoms with van der Waals surface area (Å²) < 4.78 is 37.3. The standard InChI is InChI=1S/C9H7BrF3N3O/c10-5-1-8(17)16(3-5)7-2-6(9(11,12)13)14-4-15-7/h2,4-5H,1,3H2. The van der Waals surface area contributed by atoms with Gasteiger partial charge in [0.05, 0.1) is 0 Å². The van der Waals surface area contributed by atoms with E-state index in [4.69, 9.17) is 0 Å². The summed E-state index contributed by atoms with van der Waals surface area (Å²) in [6, 6.07) is 0.781. The van der Waals surface area contributed by atoms with E-state index in [1.807, 2.05) is 0 Å². The fraction of sp³-hybridized carbons (Fsp3) is 0.444. The number of hydrogen-bond acceptors (Lipinski definition) is 3. The first-order chi connectivity index (χ1) is 7.88. The normalized spacial score (nSPS) is 21.1. The average molecular weight is 310 g/mol. The molecule has 0 spiro atoms. The fourth-order valence-corrected chi connectivity index (χ4v) is 2.10. The van der Waals surface area contributed by atoms with Crippen LogP contribution in [0.2, 0.25) is 0 Å². The van der Waals surface area contributed by atoms with Crippen LogP contribution in [0.15, 0.2) is 12.4 Å². The highest BCUT2D eigenvalue weighted by Gasteiger charge is 2.35. The van der Waals surface area contributed by atoms with Crippen LogP contribution in [0.1, 0.15) is 12.1 Å². The molecular formula is C9H7BrF3N3O. The van der Waals surface area contributed by atoms with Crippen LogP contribution in [-0.2, 0) is 11.0 Å². The summed E-state index contributed by atoms with van der Waals surface area (Å²) in [5, 5.41) is 0. The smallest absolute Gasteiger partial charge is 0.296 e. The molecule has 1 aliphatic rings. The molecule has 0 N–H and O–H groups in total. The second-order valence-corrected chi connectivity index (χ2v) is 4.86. The largest absolute Gasteiger partial charge is 0.433 e. The highest BCUT2D eigenvalue weighted by atomic mass is 79.9. The highest BCUT2D eigenvalue weighted by molar-refractivity contribution is 9.09. The van der Waals surface area contributed by atoms with E-state index >= 15 is 0 Å². The molecule has 1 aromatic rings. The van der Waals surface area contributed by atoms with Gasteiger partial charge >= 0.3 is 6.18 Å². The van der Waals surface area contributed by atoms with E-state index in [2.05, 4.69) is 25.9 Å². The first kappa shape index (κ1) is 12.3. The molecule has 0 aliphatic carbocycles. The second-order valence-electron chi connectivity index (χ2n) is 3.56. The fourth-order valence-electron chi connectivity index (χ4n) is 1.54. The number of hydrogen-bond donors (Lipinski definition) is 0.